The zero-order valence-electron chi connectivity index (χ0n) is 10.0. The second-order valence-electron chi connectivity index (χ2n) is 4.56. The third-order valence-electron chi connectivity index (χ3n) is 3.29. The number of hydrogen-bond acceptors (Lipinski definition) is 2. The third-order valence-corrected chi connectivity index (χ3v) is 4.13. The first-order chi connectivity index (χ1) is 9.15. The standard InChI is InChI=1S/C15H12BrClO2/c16-9-5-6-11-13(18)8-15(19-14(11)7-9)10-3-1-2-4-12(10)17/h1-7,13,15,18H,8H2. The van der Waals surface area contributed by atoms with E-state index in [2.05, 4.69) is 15.9 Å². The smallest absolute Gasteiger partial charge is 0.128 e. The molecule has 0 aliphatic carbocycles. The Morgan fingerprint density at radius 1 is 1.16 bits per heavy atom. The Kier molecular flexibility index (Phi) is 3.52. The van der Waals surface area contributed by atoms with E-state index in [0.717, 1.165) is 15.6 Å². The summed E-state index contributed by atoms with van der Waals surface area (Å²) < 4.78 is 6.90. The average molecular weight is 340 g/mol. The number of fused-ring (bicyclic) bond motifs is 1. The van der Waals surface area contributed by atoms with Gasteiger partial charge in [0.05, 0.1) is 6.10 Å². The van der Waals surface area contributed by atoms with E-state index in [9.17, 15) is 5.11 Å². The van der Waals surface area contributed by atoms with E-state index in [0.29, 0.717) is 17.2 Å². The third kappa shape index (κ3) is 2.50. The highest BCUT2D eigenvalue weighted by Gasteiger charge is 2.29. The van der Waals surface area contributed by atoms with Gasteiger partial charge in [0.25, 0.3) is 0 Å². The number of aliphatic hydroxyl groups excluding tert-OH is 1. The van der Waals surface area contributed by atoms with E-state index < -0.39 is 6.10 Å². The van der Waals surface area contributed by atoms with Gasteiger partial charge in [-0.1, -0.05) is 51.8 Å². The van der Waals surface area contributed by atoms with E-state index in [-0.39, 0.29) is 6.10 Å². The number of ether oxygens (including phenoxy) is 1. The molecule has 0 fully saturated rings. The maximum Gasteiger partial charge on any atom is 0.128 e. The molecule has 1 aliphatic rings. The van der Waals surface area contributed by atoms with Crippen LogP contribution in [0.15, 0.2) is 46.9 Å². The van der Waals surface area contributed by atoms with Gasteiger partial charge in [0.2, 0.25) is 0 Å². The van der Waals surface area contributed by atoms with E-state index in [1.54, 1.807) is 0 Å². The minimum atomic E-state index is -0.530. The summed E-state index contributed by atoms with van der Waals surface area (Å²) in [6.07, 6.45) is -0.234. The minimum absolute atomic E-state index is 0.217. The number of rotatable bonds is 1. The van der Waals surface area contributed by atoms with Crippen LogP contribution in [0, 0.1) is 0 Å². The lowest BCUT2D eigenvalue weighted by atomic mass is 9.95. The van der Waals surface area contributed by atoms with Crippen molar-refractivity contribution in [2.75, 3.05) is 0 Å². The van der Waals surface area contributed by atoms with Crippen LogP contribution in [0.2, 0.25) is 5.02 Å². The van der Waals surface area contributed by atoms with Gasteiger partial charge < -0.3 is 9.84 Å². The fourth-order valence-corrected chi connectivity index (χ4v) is 2.94. The normalized spacial score (nSPS) is 21.6. The molecular formula is C15H12BrClO2. The topological polar surface area (TPSA) is 29.5 Å². The Morgan fingerprint density at radius 2 is 1.95 bits per heavy atom. The van der Waals surface area contributed by atoms with E-state index in [4.69, 9.17) is 16.3 Å². The van der Waals surface area contributed by atoms with Crippen molar-refractivity contribution in [2.24, 2.45) is 0 Å². The highest BCUT2D eigenvalue weighted by atomic mass is 79.9. The van der Waals surface area contributed by atoms with Crippen LogP contribution < -0.4 is 4.74 Å². The molecule has 1 heterocycles. The molecule has 1 N–H and O–H groups in total. The highest BCUT2D eigenvalue weighted by Crippen LogP contribution is 2.43. The molecule has 2 nitrogen and oxygen atoms in total. The lowest BCUT2D eigenvalue weighted by molar-refractivity contribution is 0.0657. The predicted molar refractivity (Wildman–Crippen MR) is 78.5 cm³/mol. The summed E-state index contributed by atoms with van der Waals surface area (Å²) in [7, 11) is 0. The average Bonchev–Trinajstić information content (AvgIpc) is 2.38. The van der Waals surface area contributed by atoms with Crippen molar-refractivity contribution < 1.29 is 9.84 Å². The molecule has 3 rings (SSSR count). The molecule has 0 bridgehead atoms. The highest BCUT2D eigenvalue weighted by molar-refractivity contribution is 9.10. The van der Waals surface area contributed by atoms with Crippen molar-refractivity contribution >= 4 is 27.5 Å². The van der Waals surface area contributed by atoms with Crippen molar-refractivity contribution in [1.29, 1.82) is 0 Å². The molecule has 1 aliphatic heterocycles. The molecule has 0 saturated carbocycles. The molecule has 4 heteroatoms. The van der Waals surface area contributed by atoms with E-state index in [1.807, 2.05) is 42.5 Å². The van der Waals surface area contributed by atoms with Crippen LogP contribution >= 0.6 is 27.5 Å². The lowest BCUT2D eigenvalue weighted by Gasteiger charge is -2.30. The van der Waals surface area contributed by atoms with Gasteiger partial charge in [-0.2, -0.15) is 0 Å². The molecule has 0 radical (unpaired) electrons. The summed E-state index contributed by atoms with van der Waals surface area (Å²) in [5.41, 5.74) is 1.74. The SMILES string of the molecule is OC1CC(c2ccccc2Cl)Oc2cc(Br)ccc21. The molecule has 2 aromatic carbocycles. The number of benzene rings is 2. The van der Waals surface area contributed by atoms with Crippen LogP contribution in [0.1, 0.15) is 29.8 Å². The van der Waals surface area contributed by atoms with Crippen molar-refractivity contribution in [2.45, 2.75) is 18.6 Å². The summed E-state index contributed by atoms with van der Waals surface area (Å²) >= 11 is 9.61. The lowest BCUT2D eigenvalue weighted by Crippen LogP contribution is -2.19. The van der Waals surface area contributed by atoms with Gasteiger partial charge in [-0.15, -0.1) is 0 Å². The molecular weight excluding hydrogens is 328 g/mol. The van der Waals surface area contributed by atoms with Gasteiger partial charge in [-0.25, -0.2) is 0 Å². The van der Waals surface area contributed by atoms with Gasteiger partial charge >= 0.3 is 0 Å². The van der Waals surface area contributed by atoms with Gasteiger partial charge in [0.1, 0.15) is 11.9 Å². The summed E-state index contributed by atoms with van der Waals surface area (Å²) in [6.45, 7) is 0. The Hall–Kier alpha value is -1.03. The minimum Gasteiger partial charge on any atom is -0.485 e. The molecule has 2 atom stereocenters. The van der Waals surface area contributed by atoms with Crippen molar-refractivity contribution in [3.63, 3.8) is 0 Å². The molecule has 19 heavy (non-hydrogen) atoms. The van der Waals surface area contributed by atoms with Crippen molar-refractivity contribution in [1.82, 2.24) is 0 Å². The van der Waals surface area contributed by atoms with Gasteiger partial charge in [-0.05, 0) is 18.2 Å². The van der Waals surface area contributed by atoms with E-state index >= 15 is 0 Å². The Bertz CT molecular complexity index is 615. The first-order valence-corrected chi connectivity index (χ1v) is 7.21. The van der Waals surface area contributed by atoms with Crippen LogP contribution in [0.25, 0.3) is 0 Å². The quantitative estimate of drug-likeness (QED) is 0.819. The van der Waals surface area contributed by atoms with Gasteiger partial charge in [0, 0.05) is 27.0 Å². The second kappa shape index (κ2) is 5.16. The molecule has 0 spiro atoms. The summed E-state index contributed by atoms with van der Waals surface area (Å²) in [5.74, 6) is 0.707. The zero-order valence-corrected chi connectivity index (χ0v) is 12.4. The van der Waals surface area contributed by atoms with Crippen LogP contribution in [0.3, 0.4) is 0 Å². The maximum absolute atomic E-state index is 10.2. The molecule has 0 saturated heterocycles. The predicted octanol–water partition coefficient (Wildman–Crippen LogP) is 4.66. The molecule has 2 aromatic rings. The summed E-state index contributed by atoms with van der Waals surface area (Å²) in [5, 5.41) is 10.9. The molecule has 2 unspecified atom stereocenters. The first kappa shape index (κ1) is 13.0. The largest absolute Gasteiger partial charge is 0.485 e. The zero-order chi connectivity index (χ0) is 13.4. The van der Waals surface area contributed by atoms with Gasteiger partial charge in [-0.3, -0.25) is 0 Å². The number of aliphatic hydroxyl groups is 1. The van der Waals surface area contributed by atoms with Crippen LogP contribution in [0.4, 0.5) is 0 Å². The summed E-state index contributed by atoms with van der Waals surface area (Å²) in [4.78, 5) is 0. The second-order valence-corrected chi connectivity index (χ2v) is 5.88. The van der Waals surface area contributed by atoms with E-state index in [1.165, 1.54) is 0 Å². The first-order valence-electron chi connectivity index (χ1n) is 6.04. The van der Waals surface area contributed by atoms with Gasteiger partial charge in [0.15, 0.2) is 0 Å². The summed E-state index contributed by atoms with van der Waals surface area (Å²) in [6, 6.07) is 13.2. The molecule has 98 valence electrons. The Labute approximate surface area is 125 Å². The number of halogens is 2. The van der Waals surface area contributed by atoms with Crippen LogP contribution in [-0.4, -0.2) is 5.11 Å². The molecule has 0 amide bonds. The maximum atomic E-state index is 10.2. The Morgan fingerprint density at radius 3 is 2.74 bits per heavy atom. The van der Waals surface area contributed by atoms with Crippen molar-refractivity contribution in [3.05, 3.63) is 63.1 Å². The van der Waals surface area contributed by atoms with Crippen molar-refractivity contribution in [3.8, 4) is 5.75 Å². The fraction of sp³-hybridized carbons (Fsp3) is 0.200. The monoisotopic (exact) mass is 338 g/mol. The molecule has 0 aromatic heterocycles. The van der Waals surface area contributed by atoms with Crippen LogP contribution in [0.5, 0.6) is 5.75 Å². The Balaban J connectivity index is 1.99. The number of hydrogen-bond donors (Lipinski definition) is 1. The fourth-order valence-electron chi connectivity index (χ4n) is 2.34. The van der Waals surface area contributed by atoms with Crippen LogP contribution in [-0.2, 0) is 0 Å².